The molecule has 0 fully saturated rings. The maximum Gasteiger partial charge on any atom is 0.251 e. The van der Waals surface area contributed by atoms with Crippen LogP contribution in [0.15, 0.2) is 53.4 Å². The molecule has 0 saturated heterocycles. The molecule has 9 nitrogen and oxygen atoms in total. The number of hydrogen-bond donors (Lipinski definition) is 1. The Hall–Kier alpha value is -3.18. The third-order valence-electron chi connectivity index (χ3n) is 4.47. The monoisotopic (exact) mass is 432 g/mol. The van der Waals surface area contributed by atoms with Crippen molar-refractivity contribution in [2.75, 3.05) is 13.1 Å². The number of carbonyl (C=O) groups excluding carboxylic acids is 1. The summed E-state index contributed by atoms with van der Waals surface area (Å²) in [6.45, 7) is 4.29. The summed E-state index contributed by atoms with van der Waals surface area (Å²) < 4.78 is 40.9. The van der Waals surface area contributed by atoms with Crippen LogP contribution in [0.3, 0.4) is 0 Å². The minimum absolute atomic E-state index is 0.0305. The molecule has 1 amide bonds. The summed E-state index contributed by atoms with van der Waals surface area (Å²) in [7, 11) is -3.59. The van der Waals surface area contributed by atoms with E-state index >= 15 is 0 Å². The molecular weight excluding hydrogens is 411 g/mol. The highest BCUT2D eigenvalue weighted by atomic mass is 32.2. The van der Waals surface area contributed by atoms with Gasteiger partial charge in [-0.25, -0.2) is 12.8 Å². The average Bonchev–Trinajstić information content (AvgIpc) is 3.22. The molecule has 1 aromatic heterocycles. The first-order valence-corrected chi connectivity index (χ1v) is 10.7. The first kappa shape index (κ1) is 21.5. The Labute approximate surface area is 173 Å². The molecule has 0 saturated carbocycles. The van der Waals surface area contributed by atoms with Crippen LogP contribution in [0.5, 0.6) is 0 Å². The number of halogens is 1. The molecule has 2 aromatic carbocycles. The number of amides is 1. The number of nitrogens with one attached hydrogen (secondary N) is 1. The second kappa shape index (κ2) is 9.09. The van der Waals surface area contributed by atoms with E-state index in [9.17, 15) is 17.6 Å². The lowest BCUT2D eigenvalue weighted by molar-refractivity contribution is 0.0949. The average molecular weight is 432 g/mol. The molecule has 0 aliphatic heterocycles. The Bertz CT molecular complexity index is 1110. The molecule has 0 aliphatic rings. The second-order valence-electron chi connectivity index (χ2n) is 6.28. The van der Waals surface area contributed by atoms with Gasteiger partial charge in [0.1, 0.15) is 5.82 Å². The van der Waals surface area contributed by atoms with Crippen molar-refractivity contribution in [3.05, 3.63) is 65.7 Å². The van der Waals surface area contributed by atoms with Gasteiger partial charge in [0.05, 0.1) is 17.1 Å². The van der Waals surface area contributed by atoms with Crippen LogP contribution in [0.1, 0.15) is 30.0 Å². The van der Waals surface area contributed by atoms with Crippen LogP contribution in [0.4, 0.5) is 4.39 Å². The number of carbonyl (C=O) groups is 1. The lowest BCUT2D eigenvalue weighted by atomic mass is 10.2. The Morgan fingerprint density at radius 3 is 2.30 bits per heavy atom. The fourth-order valence-corrected chi connectivity index (χ4v) is 4.31. The standard InChI is InChI=1S/C19H21FN6O3S/c1-3-25(4-2)30(28,29)17-11-5-14(6-12-17)19(27)21-13-18-22-23-24-26(18)16-9-7-15(20)8-10-16/h5-12H,3-4,13H2,1-2H3,(H,21,27). The van der Waals surface area contributed by atoms with Crippen molar-refractivity contribution in [3.63, 3.8) is 0 Å². The van der Waals surface area contributed by atoms with Crippen molar-refractivity contribution < 1.29 is 17.6 Å². The van der Waals surface area contributed by atoms with Gasteiger partial charge < -0.3 is 5.32 Å². The molecule has 0 radical (unpaired) electrons. The van der Waals surface area contributed by atoms with Gasteiger partial charge in [0.25, 0.3) is 5.91 Å². The third-order valence-corrected chi connectivity index (χ3v) is 6.54. The Morgan fingerprint density at radius 2 is 1.70 bits per heavy atom. The quantitative estimate of drug-likeness (QED) is 0.581. The molecule has 11 heteroatoms. The molecule has 1 heterocycles. The third kappa shape index (κ3) is 4.52. The second-order valence-corrected chi connectivity index (χ2v) is 8.22. The fraction of sp³-hybridized carbons (Fsp3) is 0.263. The largest absolute Gasteiger partial charge is 0.345 e. The summed E-state index contributed by atoms with van der Waals surface area (Å²) in [5, 5.41) is 14.0. The highest BCUT2D eigenvalue weighted by Crippen LogP contribution is 2.16. The van der Waals surface area contributed by atoms with Crippen LogP contribution >= 0.6 is 0 Å². The van der Waals surface area contributed by atoms with Gasteiger partial charge in [0.2, 0.25) is 10.0 Å². The van der Waals surface area contributed by atoms with E-state index in [0.717, 1.165) is 0 Å². The Kier molecular flexibility index (Phi) is 6.53. The summed E-state index contributed by atoms with van der Waals surface area (Å²) in [5.74, 6) is -0.431. The van der Waals surface area contributed by atoms with Crippen molar-refractivity contribution in [2.45, 2.75) is 25.3 Å². The van der Waals surface area contributed by atoms with Crippen LogP contribution in [-0.4, -0.2) is 51.9 Å². The highest BCUT2D eigenvalue weighted by molar-refractivity contribution is 7.89. The van der Waals surface area contributed by atoms with Gasteiger partial charge in [-0.2, -0.15) is 8.99 Å². The van der Waals surface area contributed by atoms with Crippen molar-refractivity contribution in [1.29, 1.82) is 0 Å². The first-order valence-electron chi connectivity index (χ1n) is 9.28. The van der Waals surface area contributed by atoms with E-state index in [2.05, 4.69) is 20.8 Å². The topological polar surface area (TPSA) is 110 Å². The molecule has 0 atom stereocenters. The summed E-state index contributed by atoms with van der Waals surface area (Å²) in [6.07, 6.45) is 0. The molecule has 1 N–H and O–H groups in total. The van der Waals surface area contributed by atoms with E-state index in [4.69, 9.17) is 0 Å². The van der Waals surface area contributed by atoms with E-state index < -0.39 is 15.9 Å². The summed E-state index contributed by atoms with van der Waals surface area (Å²) >= 11 is 0. The Morgan fingerprint density at radius 1 is 1.07 bits per heavy atom. The molecule has 3 aromatic rings. The molecule has 0 bridgehead atoms. The highest BCUT2D eigenvalue weighted by Gasteiger charge is 2.21. The minimum Gasteiger partial charge on any atom is -0.345 e. The molecule has 0 unspecified atom stereocenters. The first-order chi connectivity index (χ1) is 14.4. The zero-order valence-corrected chi connectivity index (χ0v) is 17.3. The van der Waals surface area contributed by atoms with E-state index in [0.29, 0.717) is 30.2 Å². The summed E-state index contributed by atoms with van der Waals surface area (Å²) in [5.41, 5.74) is 0.853. The van der Waals surface area contributed by atoms with E-state index in [1.807, 2.05) is 0 Å². The van der Waals surface area contributed by atoms with Gasteiger partial charge in [-0.1, -0.05) is 13.8 Å². The number of hydrogen-bond acceptors (Lipinski definition) is 6. The molecule has 3 rings (SSSR count). The van der Waals surface area contributed by atoms with Crippen LogP contribution in [0.25, 0.3) is 5.69 Å². The molecule has 158 valence electrons. The number of aromatic nitrogens is 4. The SMILES string of the molecule is CCN(CC)S(=O)(=O)c1ccc(C(=O)NCc2nnnn2-c2ccc(F)cc2)cc1. The van der Waals surface area contributed by atoms with Crippen molar-refractivity contribution in [3.8, 4) is 5.69 Å². The normalized spacial score (nSPS) is 11.6. The van der Waals surface area contributed by atoms with E-state index in [1.165, 1.54) is 57.5 Å². The lowest BCUT2D eigenvalue weighted by Gasteiger charge is -2.18. The van der Waals surface area contributed by atoms with Gasteiger partial charge in [-0.05, 0) is 59.0 Å². The van der Waals surface area contributed by atoms with Gasteiger partial charge in [-0.3, -0.25) is 4.79 Å². The summed E-state index contributed by atoms with van der Waals surface area (Å²) in [4.78, 5) is 12.6. The van der Waals surface area contributed by atoms with Gasteiger partial charge in [0, 0.05) is 18.7 Å². The maximum atomic E-state index is 13.1. The van der Waals surface area contributed by atoms with Crippen molar-refractivity contribution in [1.82, 2.24) is 29.8 Å². The number of rotatable bonds is 8. The molecule has 0 aliphatic carbocycles. The van der Waals surface area contributed by atoms with Gasteiger partial charge >= 0.3 is 0 Å². The molecule has 30 heavy (non-hydrogen) atoms. The fourth-order valence-electron chi connectivity index (χ4n) is 2.85. The zero-order valence-electron chi connectivity index (χ0n) is 16.5. The predicted octanol–water partition coefficient (Wildman–Crippen LogP) is 1.76. The Balaban J connectivity index is 1.69. The number of nitrogens with zero attached hydrogens (tertiary/aromatic N) is 5. The van der Waals surface area contributed by atoms with Crippen LogP contribution in [0.2, 0.25) is 0 Å². The van der Waals surface area contributed by atoms with Crippen molar-refractivity contribution >= 4 is 15.9 Å². The number of tetrazole rings is 1. The predicted molar refractivity (Wildman–Crippen MR) is 107 cm³/mol. The van der Waals surface area contributed by atoms with Crippen LogP contribution in [-0.2, 0) is 16.6 Å². The maximum absolute atomic E-state index is 13.1. The van der Waals surface area contributed by atoms with E-state index in [-0.39, 0.29) is 17.3 Å². The van der Waals surface area contributed by atoms with Gasteiger partial charge in [-0.15, -0.1) is 5.10 Å². The number of sulfonamides is 1. The van der Waals surface area contributed by atoms with Crippen LogP contribution in [0, 0.1) is 5.82 Å². The molecular formula is C19H21FN6O3S. The van der Waals surface area contributed by atoms with Gasteiger partial charge in [0.15, 0.2) is 5.82 Å². The smallest absolute Gasteiger partial charge is 0.251 e. The van der Waals surface area contributed by atoms with E-state index in [1.54, 1.807) is 13.8 Å². The number of benzene rings is 2. The minimum atomic E-state index is -3.59. The lowest BCUT2D eigenvalue weighted by Crippen LogP contribution is -2.30. The van der Waals surface area contributed by atoms with Crippen molar-refractivity contribution in [2.24, 2.45) is 0 Å². The van der Waals surface area contributed by atoms with Crippen LogP contribution < -0.4 is 5.32 Å². The zero-order chi connectivity index (χ0) is 21.7. The summed E-state index contributed by atoms with van der Waals surface area (Å²) in [6, 6.07) is 11.3. The molecule has 0 spiro atoms.